The first-order valence-corrected chi connectivity index (χ1v) is 9.54. The van der Waals surface area contributed by atoms with Crippen molar-refractivity contribution in [3.05, 3.63) is 53.5 Å². The molecule has 7 heteroatoms. The molecule has 1 aliphatic rings. The van der Waals surface area contributed by atoms with Crippen molar-refractivity contribution >= 4 is 11.8 Å². The van der Waals surface area contributed by atoms with Crippen LogP contribution in [-0.2, 0) is 4.79 Å². The Bertz CT molecular complexity index is 776. The zero-order valence-electron chi connectivity index (χ0n) is 16.4. The minimum atomic E-state index is -0.0280. The Kier molecular flexibility index (Phi) is 6.71. The van der Waals surface area contributed by atoms with E-state index in [1.807, 2.05) is 32.0 Å². The highest BCUT2D eigenvalue weighted by atomic mass is 16.5. The van der Waals surface area contributed by atoms with Crippen LogP contribution in [-0.4, -0.2) is 67.5 Å². The minimum absolute atomic E-state index is 0.0264. The lowest BCUT2D eigenvalue weighted by Gasteiger charge is -2.34. The lowest BCUT2D eigenvalue weighted by molar-refractivity contribution is -0.122. The number of ether oxygens (including phenoxy) is 1. The van der Waals surface area contributed by atoms with Crippen molar-refractivity contribution in [2.24, 2.45) is 0 Å². The third-order valence-electron chi connectivity index (χ3n) is 4.87. The first kappa shape index (κ1) is 19.9. The van der Waals surface area contributed by atoms with E-state index in [2.05, 4.69) is 10.2 Å². The molecule has 1 aliphatic heterocycles. The molecule has 0 aliphatic carbocycles. The highest BCUT2D eigenvalue weighted by Crippen LogP contribution is 2.21. The molecular formula is C21H27N3O4. The predicted octanol–water partition coefficient (Wildman–Crippen LogP) is 1.85. The summed E-state index contributed by atoms with van der Waals surface area (Å²) in [6.07, 6.45) is 2.96. The van der Waals surface area contributed by atoms with E-state index in [1.165, 1.54) is 12.5 Å². The van der Waals surface area contributed by atoms with Gasteiger partial charge < -0.3 is 19.4 Å². The Morgan fingerprint density at radius 2 is 1.82 bits per heavy atom. The van der Waals surface area contributed by atoms with Crippen LogP contribution >= 0.6 is 0 Å². The van der Waals surface area contributed by atoms with Crippen molar-refractivity contribution in [2.75, 3.05) is 45.9 Å². The molecular weight excluding hydrogens is 358 g/mol. The van der Waals surface area contributed by atoms with Gasteiger partial charge in [0.2, 0.25) is 5.91 Å². The van der Waals surface area contributed by atoms with Gasteiger partial charge in [-0.3, -0.25) is 14.5 Å². The first-order valence-electron chi connectivity index (χ1n) is 9.54. The second-order valence-electron chi connectivity index (χ2n) is 7.00. The molecule has 0 unspecified atom stereocenters. The molecule has 150 valence electrons. The van der Waals surface area contributed by atoms with E-state index in [0.29, 0.717) is 51.4 Å². The maximum absolute atomic E-state index is 12.3. The average Bonchev–Trinajstić information content (AvgIpc) is 3.22. The topological polar surface area (TPSA) is 75.0 Å². The summed E-state index contributed by atoms with van der Waals surface area (Å²) in [6.45, 7) is 7.81. The van der Waals surface area contributed by atoms with Crippen molar-refractivity contribution in [1.82, 2.24) is 15.1 Å². The van der Waals surface area contributed by atoms with Gasteiger partial charge in [0.1, 0.15) is 18.6 Å². The van der Waals surface area contributed by atoms with Gasteiger partial charge in [0, 0.05) is 26.2 Å². The fourth-order valence-corrected chi connectivity index (χ4v) is 3.31. The molecule has 1 N–H and O–H groups in total. The zero-order valence-corrected chi connectivity index (χ0v) is 16.4. The summed E-state index contributed by atoms with van der Waals surface area (Å²) in [5.41, 5.74) is 2.75. The highest BCUT2D eigenvalue weighted by Gasteiger charge is 2.23. The van der Waals surface area contributed by atoms with Crippen molar-refractivity contribution in [2.45, 2.75) is 13.8 Å². The second kappa shape index (κ2) is 9.41. The van der Waals surface area contributed by atoms with Gasteiger partial charge in [0.15, 0.2) is 0 Å². The van der Waals surface area contributed by atoms with Gasteiger partial charge in [-0.05, 0) is 31.0 Å². The summed E-state index contributed by atoms with van der Waals surface area (Å²) < 4.78 is 10.8. The number of carbonyl (C=O) groups is 2. The standard InChI is InChI=1S/C21H27N3O4/c1-16-4-3-5-17(2)20(16)28-13-7-22-19(25)14-23-8-10-24(11-9-23)21(26)18-6-12-27-15-18/h3-6,12,15H,7-11,13-14H2,1-2H3,(H,22,25). The number of carbonyl (C=O) groups excluding carboxylic acids is 2. The maximum atomic E-state index is 12.3. The summed E-state index contributed by atoms with van der Waals surface area (Å²) in [6, 6.07) is 7.69. The van der Waals surface area contributed by atoms with Gasteiger partial charge in [0.05, 0.1) is 24.9 Å². The maximum Gasteiger partial charge on any atom is 0.257 e. The Morgan fingerprint density at radius 3 is 2.46 bits per heavy atom. The Labute approximate surface area is 165 Å². The van der Waals surface area contributed by atoms with Crippen LogP contribution in [0.15, 0.2) is 41.2 Å². The Balaban J connectivity index is 1.34. The van der Waals surface area contributed by atoms with E-state index in [1.54, 1.807) is 11.0 Å². The number of para-hydroxylation sites is 1. The fourth-order valence-electron chi connectivity index (χ4n) is 3.31. The molecule has 2 heterocycles. The predicted molar refractivity (Wildman–Crippen MR) is 105 cm³/mol. The van der Waals surface area contributed by atoms with Crippen LogP contribution in [0.1, 0.15) is 21.5 Å². The largest absolute Gasteiger partial charge is 0.491 e. The molecule has 0 atom stereocenters. The van der Waals surface area contributed by atoms with Gasteiger partial charge in [-0.25, -0.2) is 0 Å². The number of benzene rings is 1. The van der Waals surface area contributed by atoms with Crippen LogP contribution in [0.5, 0.6) is 5.75 Å². The summed E-state index contributed by atoms with van der Waals surface area (Å²) in [5, 5.41) is 2.90. The molecule has 2 amide bonds. The fraction of sp³-hybridized carbons (Fsp3) is 0.429. The Hall–Kier alpha value is -2.80. The molecule has 1 saturated heterocycles. The molecule has 1 aromatic carbocycles. The molecule has 0 saturated carbocycles. The van der Waals surface area contributed by atoms with E-state index in [-0.39, 0.29) is 11.8 Å². The molecule has 7 nitrogen and oxygen atoms in total. The number of hydrogen-bond donors (Lipinski definition) is 1. The Morgan fingerprint density at radius 1 is 1.11 bits per heavy atom. The van der Waals surface area contributed by atoms with Gasteiger partial charge in [-0.15, -0.1) is 0 Å². The third kappa shape index (κ3) is 5.13. The summed E-state index contributed by atoms with van der Waals surface area (Å²) in [7, 11) is 0. The van der Waals surface area contributed by atoms with Gasteiger partial charge in [-0.2, -0.15) is 0 Å². The lowest BCUT2D eigenvalue weighted by Crippen LogP contribution is -2.51. The SMILES string of the molecule is Cc1cccc(C)c1OCCNC(=O)CN1CCN(C(=O)c2ccoc2)CC1. The number of furan rings is 1. The van der Waals surface area contributed by atoms with Crippen LogP contribution in [0, 0.1) is 13.8 Å². The summed E-state index contributed by atoms with van der Waals surface area (Å²) in [4.78, 5) is 28.3. The van der Waals surface area contributed by atoms with Crippen molar-refractivity contribution in [3.8, 4) is 5.75 Å². The van der Waals surface area contributed by atoms with Gasteiger partial charge >= 0.3 is 0 Å². The summed E-state index contributed by atoms with van der Waals surface area (Å²) in [5.74, 6) is 0.830. The molecule has 0 bridgehead atoms. The molecule has 1 fully saturated rings. The van der Waals surface area contributed by atoms with Crippen LogP contribution < -0.4 is 10.1 Å². The average molecular weight is 385 g/mol. The normalized spacial score (nSPS) is 14.7. The highest BCUT2D eigenvalue weighted by molar-refractivity contribution is 5.93. The molecule has 28 heavy (non-hydrogen) atoms. The van der Waals surface area contributed by atoms with E-state index < -0.39 is 0 Å². The van der Waals surface area contributed by atoms with E-state index in [9.17, 15) is 9.59 Å². The van der Waals surface area contributed by atoms with Crippen LogP contribution in [0.2, 0.25) is 0 Å². The number of nitrogens with one attached hydrogen (secondary N) is 1. The number of nitrogens with zero attached hydrogens (tertiary/aromatic N) is 2. The molecule has 2 aromatic rings. The minimum Gasteiger partial charge on any atom is -0.491 e. The molecule has 0 spiro atoms. The smallest absolute Gasteiger partial charge is 0.257 e. The quantitative estimate of drug-likeness (QED) is 0.737. The molecule has 1 aromatic heterocycles. The number of aryl methyl sites for hydroxylation is 2. The third-order valence-corrected chi connectivity index (χ3v) is 4.87. The second-order valence-corrected chi connectivity index (χ2v) is 7.00. The first-order chi connectivity index (χ1) is 13.5. The zero-order chi connectivity index (χ0) is 19.9. The van der Waals surface area contributed by atoms with Crippen molar-refractivity contribution in [3.63, 3.8) is 0 Å². The van der Waals surface area contributed by atoms with Crippen LogP contribution in [0.25, 0.3) is 0 Å². The molecule has 3 rings (SSSR count). The van der Waals surface area contributed by atoms with Gasteiger partial charge in [-0.1, -0.05) is 18.2 Å². The van der Waals surface area contributed by atoms with Gasteiger partial charge in [0.25, 0.3) is 5.91 Å². The number of piperazine rings is 1. The van der Waals surface area contributed by atoms with E-state index in [4.69, 9.17) is 9.15 Å². The number of amides is 2. The lowest BCUT2D eigenvalue weighted by atomic mass is 10.1. The van der Waals surface area contributed by atoms with E-state index >= 15 is 0 Å². The monoisotopic (exact) mass is 385 g/mol. The molecule has 0 radical (unpaired) electrons. The van der Waals surface area contributed by atoms with Crippen molar-refractivity contribution < 1.29 is 18.7 Å². The number of hydrogen-bond acceptors (Lipinski definition) is 5. The van der Waals surface area contributed by atoms with Crippen LogP contribution in [0.3, 0.4) is 0 Å². The van der Waals surface area contributed by atoms with E-state index in [0.717, 1.165) is 16.9 Å². The number of rotatable bonds is 7. The van der Waals surface area contributed by atoms with Crippen LogP contribution in [0.4, 0.5) is 0 Å². The van der Waals surface area contributed by atoms with Crippen molar-refractivity contribution in [1.29, 1.82) is 0 Å². The summed E-state index contributed by atoms with van der Waals surface area (Å²) >= 11 is 0.